The molecule has 0 N–H and O–H groups in total. The van der Waals surface area contributed by atoms with E-state index in [-0.39, 0.29) is 0 Å². The van der Waals surface area contributed by atoms with E-state index in [1.54, 1.807) is 11.3 Å². The van der Waals surface area contributed by atoms with E-state index in [1.165, 1.54) is 24.1 Å². The quantitative estimate of drug-likeness (QED) is 0.820. The zero-order valence-corrected chi connectivity index (χ0v) is 13.7. The first kappa shape index (κ1) is 14.4. The Hall–Kier alpha value is -1.17. The lowest BCUT2D eigenvalue weighted by Crippen LogP contribution is -2.30. The molecular weight excluding hydrogens is 294 g/mol. The van der Waals surface area contributed by atoms with E-state index in [1.807, 2.05) is 12.5 Å². The van der Waals surface area contributed by atoms with Crippen LogP contribution in [0.5, 0.6) is 0 Å². The summed E-state index contributed by atoms with van der Waals surface area (Å²) >= 11 is 1.78. The molecule has 1 aliphatic carbocycles. The Bertz CT molecular complexity index is 591. The fourth-order valence-electron chi connectivity index (χ4n) is 3.19. The maximum Gasteiger partial charge on any atom is 0.0948 e. The molecule has 22 heavy (non-hydrogen) atoms. The molecule has 1 fully saturated rings. The van der Waals surface area contributed by atoms with Crippen LogP contribution >= 0.6 is 11.3 Å². The fourth-order valence-corrected chi connectivity index (χ4v) is 3.85. The Morgan fingerprint density at radius 3 is 2.95 bits per heavy atom. The summed E-state index contributed by atoms with van der Waals surface area (Å²) in [7, 11) is 0. The highest BCUT2D eigenvalue weighted by atomic mass is 32.1. The van der Waals surface area contributed by atoms with Crippen LogP contribution in [-0.2, 0) is 24.4 Å². The summed E-state index contributed by atoms with van der Waals surface area (Å²) in [6, 6.07) is 2.23. The van der Waals surface area contributed by atoms with E-state index in [9.17, 15) is 0 Å². The first-order valence-electron chi connectivity index (χ1n) is 8.17. The average Bonchev–Trinajstić information content (AvgIpc) is 3.06. The Labute approximate surface area is 135 Å². The molecule has 0 bridgehead atoms. The van der Waals surface area contributed by atoms with E-state index in [2.05, 4.69) is 31.3 Å². The van der Waals surface area contributed by atoms with Gasteiger partial charge in [0.05, 0.1) is 18.6 Å². The van der Waals surface area contributed by atoms with Gasteiger partial charge < -0.3 is 9.30 Å². The third-order valence-electron chi connectivity index (χ3n) is 4.55. The molecule has 1 atom stereocenters. The number of hydrogen-bond donors (Lipinski definition) is 0. The minimum absolute atomic E-state index is 0.549. The highest BCUT2D eigenvalue weighted by molar-refractivity contribution is 7.07. The SMILES string of the molecule is c1cc(CN2Cc3cncn3CC(COCC3CC3)C2)cs1. The molecule has 4 rings (SSSR count). The molecule has 2 aromatic rings. The molecular formula is C17H23N3OS. The standard InChI is InChI=1S/C17H23N3OS/c1-2-14(1)10-21-11-16-7-19(6-15-3-4-22-12-15)9-17-5-18-13-20(17)8-16/h3-5,12-14,16H,1-2,6-11H2. The molecule has 118 valence electrons. The van der Waals surface area contributed by atoms with Crippen molar-refractivity contribution in [2.45, 2.75) is 32.5 Å². The third kappa shape index (κ3) is 3.59. The van der Waals surface area contributed by atoms with Crippen molar-refractivity contribution in [3.63, 3.8) is 0 Å². The van der Waals surface area contributed by atoms with Crippen LogP contribution in [0.4, 0.5) is 0 Å². The van der Waals surface area contributed by atoms with Crippen molar-refractivity contribution in [1.29, 1.82) is 0 Å². The van der Waals surface area contributed by atoms with E-state index in [4.69, 9.17) is 4.74 Å². The summed E-state index contributed by atoms with van der Waals surface area (Å²) < 4.78 is 8.27. The van der Waals surface area contributed by atoms with Gasteiger partial charge in [0.15, 0.2) is 0 Å². The lowest BCUT2D eigenvalue weighted by Gasteiger charge is -2.23. The Kier molecular flexibility index (Phi) is 4.28. The molecule has 2 aliphatic rings. The van der Waals surface area contributed by atoms with Crippen LogP contribution in [0.15, 0.2) is 29.4 Å². The molecule has 5 heteroatoms. The van der Waals surface area contributed by atoms with Crippen LogP contribution in [0.2, 0.25) is 0 Å². The van der Waals surface area contributed by atoms with Crippen LogP contribution in [0, 0.1) is 11.8 Å². The minimum atomic E-state index is 0.549. The highest BCUT2D eigenvalue weighted by Gasteiger charge is 2.25. The van der Waals surface area contributed by atoms with Crippen LogP contribution in [0.25, 0.3) is 0 Å². The minimum Gasteiger partial charge on any atom is -0.381 e. The van der Waals surface area contributed by atoms with Crippen molar-refractivity contribution in [1.82, 2.24) is 14.5 Å². The maximum atomic E-state index is 5.97. The van der Waals surface area contributed by atoms with Crippen molar-refractivity contribution in [2.24, 2.45) is 11.8 Å². The molecule has 0 spiro atoms. The second-order valence-electron chi connectivity index (χ2n) is 6.69. The predicted octanol–water partition coefficient (Wildman–Crippen LogP) is 3.00. The molecule has 0 aromatic carbocycles. The summed E-state index contributed by atoms with van der Waals surface area (Å²) in [5.41, 5.74) is 2.73. The second kappa shape index (κ2) is 6.52. The van der Waals surface area contributed by atoms with Crippen LogP contribution in [0.1, 0.15) is 24.1 Å². The lowest BCUT2D eigenvalue weighted by molar-refractivity contribution is 0.0705. The molecule has 0 radical (unpaired) electrons. The number of imidazole rings is 1. The Balaban J connectivity index is 1.42. The maximum absolute atomic E-state index is 5.97. The molecule has 3 heterocycles. The Morgan fingerprint density at radius 2 is 2.14 bits per heavy atom. The van der Waals surface area contributed by atoms with Gasteiger partial charge in [-0.1, -0.05) is 0 Å². The molecule has 1 unspecified atom stereocenters. The van der Waals surface area contributed by atoms with E-state index in [0.717, 1.165) is 45.3 Å². The fraction of sp³-hybridized carbons (Fsp3) is 0.588. The van der Waals surface area contributed by atoms with Gasteiger partial charge in [0.25, 0.3) is 0 Å². The first-order chi connectivity index (χ1) is 10.9. The smallest absolute Gasteiger partial charge is 0.0948 e. The summed E-state index contributed by atoms with van der Waals surface area (Å²) in [6.07, 6.45) is 6.70. The van der Waals surface area contributed by atoms with Gasteiger partial charge in [-0.2, -0.15) is 11.3 Å². The van der Waals surface area contributed by atoms with Gasteiger partial charge in [-0.3, -0.25) is 4.90 Å². The largest absolute Gasteiger partial charge is 0.381 e. The van der Waals surface area contributed by atoms with Crippen molar-refractivity contribution >= 4 is 11.3 Å². The van der Waals surface area contributed by atoms with E-state index in [0.29, 0.717) is 5.92 Å². The van der Waals surface area contributed by atoms with Gasteiger partial charge in [0, 0.05) is 44.9 Å². The Morgan fingerprint density at radius 1 is 1.23 bits per heavy atom. The number of aromatic nitrogens is 2. The molecule has 1 saturated carbocycles. The summed E-state index contributed by atoms with van der Waals surface area (Å²) in [5.74, 6) is 1.39. The third-order valence-corrected chi connectivity index (χ3v) is 5.28. The summed E-state index contributed by atoms with van der Waals surface area (Å²) in [5, 5.41) is 4.41. The van der Waals surface area contributed by atoms with Gasteiger partial charge in [0.1, 0.15) is 0 Å². The van der Waals surface area contributed by atoms with Crippen LogP contribution in [-0.4, -0.2) is 34.2 Å². The normalized spacial score (nSPS) is 22.5. The molecule has 1 aliphatic heterocycles. The van der Waals surface area contributed by atoms with E-state index >= 15 is 0 Å². The van der Waals surface area contributed by atoms with Gasteiger partial charge in [-0.15, -0.1) is 0 Å². The number of ether oxygens (including phenoxy) is 1. The van der Waals surface area contributed by atoms with Gasteiger partial charge >= 0.3 is 0 Å². The first-order valence-corrected chi connectivity index (χ1v) is 9.11. The number of fused-ring (bicyclic) bond motifs is 1. The summed E-state index contributed by atoms with van der Waals surface area (Å²) in [4.78, 5) is 6.86. The van der Waals surface area contributed by atoms with E-state index < -0.39 is 0 Å². The number of rotatable bonds is 6. The van der Waals surface area contributed by atoms with Crippen molar-refractivity contribution in [3.05, 3.63) is 40.6 Å². The van der Waals surface area contributed by atoms with Crippen LogP contribution in [0.3, 0.4) is 0 Å². The number of thiophene rings is 1. The van der Waals surface area contributed by atoms with Gasteiger partial charge in [-0.05, 0) is 41.1 Å². The van der Waals surface area contributed by atoms with Crippen molar-refractivity contribution in [3.8, 4) is 0 Å². The second-order valence-corrected chi connectivity index (χ2v) is 7.47. The van der Waals surface area contributed by atoms with Crippen molar-refractivity contribution < 1.29 is 4.74 Å². The molecule has 0 saturated heterocycles. The molecule has 4 nitrogen and oxygen atoms in total. The predicted molar refractivity (Wildman–Crippen MR) is 87.7 cm³/mol. The number of nitrogens with zero attached hydrogens (tertiary/aromatic N) is 3. The zero-order valence-electron chi connectivity index (χ0n) is 12.9. The zero-order chi connectivity index (χ0) is 14.8. The number of hydrogen-bond acceptors (Lipinski definition) is 4. The topological polar surface area (TPSA) is 30.3 Å². The monoisotopic (exact) mass is 317 g/mol. The lowest BCUT2D eigenvalue weighted by atomic mass is 10.1. The highest BCUT2D eigenvalue weighted by Crippen LogP contribution is 2.29. The van der Waals surface area contributed by atoms with Crippen LogP contribution < -0.4 is 0 Å². The average molecular weight is 317 g/mol. The van der Waals surface area contributed by atoms with Gasteiger partial charge in [-0.25, -0.2) is 4.98 Å². The van der Waals surface area contributed by atoms with Crippen molar-refractivity contribution in [2.75, 3.05) is 19.8 Å². The molecule has 0 amide bonds. The summed E-state index contributed by atoms with van der Waals surface area (Å²) in [6.45, 7) is 5.96. The molecule has 2 aromatic heterocycles. The van der Waals surface area contributed by atoms with Gasteiger partial charge in [0.2, 0.25) is 0 Å².